The van der Waals surface area contributed by atoms with Crippen molar-refractivity contribution in [1.29, 1.82) is 0 Å². The van der Waals surface area contributed by atoms with Crippen LogP contribution < -0.4 is 5.73 Å². The summed E-state index contributed by atoms with van der Waals surface area (Å²) in [5, 5.41) is 9.43. The molecular formula is C10H8N4OS2. The zero-order valence-electron chi connectivity index (χ0n) is 8.88. The molecule has 3 rings (SSSR count). The number of rotatable bonds is 2. The van der Waals surface area contributed by atoms with Crippen LogP contribution in [0.25, 0.3) is 11.1 Å². The van der Waals surface area contributed by atoms with Crippen LogP contribution in [0.1, 0.15) is 5.01 Å². The van der Waals surface area contributed by atoms with E-state index in [9.17, 15) is 0 Å². The third-order valence-electron chi connectivity index (χ3n) is 2.07. The molecule has 2 heterocycles. The van der Waals surface area contributed by atoms with Crippen LogP contribution in [0, 0.1) is 6.92 Å². The fourth-order valence-electron chi connectivity index (χ4n) is 1.36. The molecule has 5 nitrogen and oxygen atoms in total. The summed E-state index contributed by atoms with van der Waals surface area (Å²) < 4.78 is 6.39. The van der Waals surface area contributed by atoms with Crippen molar-refractivity contribution in [3.63, 3.8) is 0 Å². The van der Waals surface area contributed by atoms with Crippen molar-refractivity contribution in [3.8, 4) is 0 Å². The maximum absolute atomic E-state index is 5.68. The van der Waals surface area contributed by atoms with Crippen LogP contribution in [0.15, 0.2) is 32.2 Å². The summed E-state index contributed by atoms with van der Waals surface area (Å²) in [6, 6.07) is 5.39. The third kappa shape index (κ3) is 2.11. The second-order valence-corrected chi connectivity index (χ2v) is 5.78. The van der Waals surface area contributed by atoms with Gasteiger partial charge in [-0.1, -0.05) is 11.3 Å². The molecule has 2 N–H and O–H groups in total. The predicted octanol–water partition coefficient (Wildman–Crippen LogP) is 2.72. The number of aryl methyl sites for hydroxylation is 1. The summed E-state index contributed by atoms with van der Waals surface area (Å²) in [5.41, 5.74) is 7.84. The zero-order valence-corrected chi connectivity index (χ0v) is 10.5. The number of nitrogens with two attached hydrogens (primary N) is 1. The number of hydrogen-bond donors (Lipinski definition) is 1. The van der Waals surface area contributed by atoms with E-state index in [-0.39, 0.29) is 0 Å². The van der Waals surface area contributed by atoms with Gasteiger partial charge in [0.2, 0.25) is 0 Å². The first-order chi connectivity index (χ1) is 8.20. The zero-order chi connectivity index (χ0) is 11.8. The number of anilines is 1. The Kier molecular flexibility index (Phi) is 2.49. The first kappa shape index (κ1) is 10.5. The average Bonchev–Trinajstić information content (AvgIpc) is 2.84. The molecule has 17 heavy (non-hydrogen) atoms. The number of aromatic nitrogens is 3. The Labute approximate surface area is 105 Å². The topological polar surface area (TPSA) is 77.8 Å². The normalized spacial score (nSPS) is 11.1. The molecular weight excluding hydrogens is 256 g/mol. The van der Waals surface area contributed by atoms with E-state index in [1.807, 2.05) is 13.0 Å². The lowest BCUT2D eigenvalue weighted by Gasteiger charge is -1.88. The van der Waals surface area contributed by atoms with Gasteiger partial charge in [0.1, 0.15) is 10.5 Å². The Morgan fingerprint density at radius 2 is 2.24 bits per heavy atom. The van der Waals surface area contributed by atoms with E-state index < -0.39 is 0 Å². The minimum atomic E-state index is 0.557. The molecule has 2 aromatic heterocycles. The molecule has 86 valence electrons. The highest BCUT2D eigenvalue weighted by Gasteiger charge is 2.10. The molecule has 0 saturated heterocycles. The fourth-order valence-corrected chi connectivity index (χ4v) is 3.03. The van der Waals surface area contributed by atoms with Gasteiger partial charge in [-0.25, -0.2) is 4.98 Å². The smallest absolute Gasteiger partial charge is 0.264 e. The maximum Gasteiger partial charge on any atom is 0.264 e. The van der Waals surface area contributed by atoms with Crippen LogP contribution in [-0.2, 0) is 0 Å². The Morgan fingerprint density at radius 3 is 3.00 bits per heavy atom. The molecule has 0 atom stereocenters. The molecule has 1 aromatic carbocycles. The molecule has 0 saturated carbocycles. The standard InChI is InChI=1S/C10H8N4OS2/c1-5-13-14-10(16-5)17-9-12-7-4-6(11)2-3-8(7)15-9/h2-4H,11H2,1H3. The number of benzene rings is 1. The number of oxazole rings is 1. The Bertz CT molecular complexity index is 676. The summed E-state index contributed by atoms with van der Waals surface area (Å²) in [4.78, 5) is 4.33. The van der Waals surface area contributed by atoms with Gasteiger partial charge in [0.15, 0.2) is 9.92 Å². The van der Waals surface area contributed by atoms with Crippen LogP contribution in [0.2, 0.25) is 0 Å². The second kappa shape index (κ2) is 4.01. The van der Waals surface area contributed by atoms with Crippen LogP contribution in [0.3, 0.4) is 0 Å². The van der Waals surface area contributed by atoms with Crippen molar-refractivity contribution in [1.82, 2.24) is 15.2 Å². The quantitative estimate of drug-likeness (QED) is 0.717. The number of nitrogens with zero attached hydrogens (tertiary/aromatic N) is 3. The van der Waals surface area contributed by atoms with Gasteiger partial charge in [-0.15, -0.1) is 10.2 Å². The number of nitrogen functional groups attached to an aromatic ring is 1. The van der Waals surface area contributed by atoms with Crippen molar-refractivity contribution >= 4 is 39.9 Å². The molecule has 0 unspecified atom stereocenters. The van der Waals surface area contributed by atoms with Crippen LogP contribution in [0.5, 0.6) is 0 Å². The highest BCUT2D eigenvalue weighted by atomic mass is 32.2. The second-order valence-electron chi connectivity index (χ2n) is 3.40. The van der Waals surface area contributed by atoms with E-state index in [0.717, 1.165) is 20.4 Å². The molecule has 0 fully saturated rings. The van der Waals surface area contributed by atoms with E-state index in [4.69, 9.17) is 10.2 Å². The molecule has 3 aromatic rings. The van der Waals surface area contributed by atoms with Gasteiger partial charge in [-0.2, -0.15) is 0 Å². The summed E-state index contributed by atoms with van der Waals surface area (Å²) in [6.07, 6.45) is 0. The Hall–Kier alpha value is -1.60. The molecule has 0 amide bonds. The molecule has 0 radical (unpaired) electrons. The molecule has 0 aliphatic rings. The van der Waals surface area contributed by atoms with Gasteiger partial charge in [0.25, 0.3) is 5.22 Å². The minimum absolute atomic E-state index is 0.557. The summed E-state index contributed by atoms with van der Waals surface area (Å²) in [7, 11) is 0. The van der Waals surface area contributed by atoms with Gasteiger partial charge >= 0.3 is 0 Å². The minimum Gasteiger partial charge on any atom is -0.431 e. The summed E-state index contributed by atoms with van der Waals surface area (Å²) in [5.74, 6) is 0. The fraction of sp³-hybridized carbons (Fsp3) is 0.100. The SMILES string of the molecule is Cc1nnc(Sc2nc3cc(N)ccc3o2)s1. The van der Waals surface area contributed by atoms with Gasteiger partial charge in [-0.05, 0) is 25.1 Å². The van der Waals surface area contributed by atoms with E-state index in [2.05, 4.69) is 15.2 Å². The van der Waals surface area contributed by atoms with Crippen LogP contribution in [-0.4, -0.2) is 15.2 Å². The first-order valence-electron chi connectivity index (χ1n) is 4.85. The molecule has 0 aliphatic carbocycles. The van der Waals surface area contributed by atoms with E-state index in [1.54, 1.807) is 12.1 Å². The number of hydrogen-bond acceptors (Lipinski definition) is 7. The van der Waals surface area contributed by atoms with Crippen molar-refractivity contribution < 1.29 is 4.42 Å². The Morgan fingerprint density at radius 1 is 1.35 bits per heavy atom. The maximum atomic E-state index is 5.68. The summed E-state index contributed by atoms with van der Waals surface area (Å²) in [6.45, 7) is 1.91. The monoisotopic (exact) mass is 264 g/mol. The predicted molar refractivity (Wildman–Crippen MR) is 67.2 cm³/mol. The summed E-state index contributed by atoms with van der Waals surface area (Å²) >= 11 is 2.88. The van der Waals surface area contributed by atoms with Gasteiger partial charge < -0.3 is 10.2 Å². The van der Waals surface area contributed by atoms with Crippen molar-refractivity contribution in [2.24, 2.45) is 0 Å². The lowest BCUT2D eigenvalue weighted by Crippen LogP contribution is -1.82. The molecule has 0 bridgehead atoms. The van der Waals surface area contributed by atoms with Crippen LogP contribution >= 0.6 is 23.1 Å². The lowest BCUT2D eigenvalue weighted by molar-refractivity contribution is 0.489. The molecule has 7 heteroatoms. The highest BCUT2D eigenvalue weighted by molar-refractivity contribution is 8.00. The highest BCUT2D eigenvalue weighted by Crippen LogP contribution is 2.31. The van der Waals surface area contributed by atoms with Crippen molar-refractivity contribution in [2.45, 2.75) is 16.5 Å². The molecule has 0 spiro atoms. The first-order valence-corrected chi connectivity index (χ1v) is 6.48. The molecule has 0 aliphatic heterocycles. The van der Waals surface area contributed by atoms with Crippen molar-refractivity contribution in [2.75, 3.05) is 5.73 Å². The van der Waals surface area contributed by atoms with Gasteiger partial charge in [0.05, 0.1) is 0 Å². The van der Waals surface area contributed by atoms with Crippen LogP contribution in [0.4, 0.5) is 5.69 Å². The van der Waals surface area contributed by atoms with E-state index >= 15 is 0 Å². The van der Waals surface area contributed by atoms with Crippen molar-refractivity contribution in [3.05, 3.63) is 23.2 Å². The van der Waals surface area contributed by atoms with E-state index in [1.165, 1.54) is 23.1 Å². The van der Waals surface area contributed by atoms with Gasteiger partial charge in [-0.3, -0.25) is 0 Å². The Balaban J connectivity index is 1.95. The largest absolute Gasteiger partial charge is 0.431 e. The average molecular weight is 264 g/mol. The third-order valence-corrected chi connectivity index (χ3v) is 3.81. The number of fused-ring (bicyclic) bond motifs is 1. The van der Waals surface area contributed by atoms with E-state index in [0.29, 0.717) is 10.9 Å². The van der Waals surface area contributed by atoms with Gasteiger partial charge in [0, 0.05) is 17.4 Å². The lowest BCUT2D eigenvalue weighted by atomic mass is 10.3.